The van der Waals surface area contributed by atoms with Gasteiger partial charge >= 0.3 is 0 Å². The van der Waals surface area contributed by atoms with Gasteiger partial charge in [-0.2, -0.15) is 0 Å². The van der Waals surface area contributed by atoms with Gasteiger partial charge in [0.25, 0.3) is 11.4 Å². The molecule has 11 nitrogen and oxygen atoms in total. The predicted molar refractivity (Wildman–Crippen MR) is 165 cm³/mol. The van der Waals surface area contributed by atoms with Gasteiger partial charge in [-0.1, -0.05) is 0 Å². The molecule has 0 radical (unpaired) electrons. The van der Waals surface area contributed by atoms with E-state index in [2.05, 4.69) is 0 Å². The zero-order chi connectivity index (χ0) is 34.8. The minimum Gasteiger partial charge on any atom is -0.399 e. The van der Waals surface area contributed by atoms with Crippen LogP contribution < -0.4 is 11.5 Å². The van der Waals surface area contributed by atoms with Crippen molar-refractivity contribution >= 4 is 22.7 Å². The molecule has 0 aliphatic heterocycles. The van der Waals surface area contributed by atoms with Crippen LogP contribution in [0.1, 0.15) is 22.3 Å². The van der Waals surface area contributed by atoms with Crippen LogP contribution in [0, 0.1) is 50.4 Å². The average molecular weight is 651 g/mol. The molecular weight excluding hydrogens is 616 g/mol. The van der Waals surface area contributed by atoms with Crippen molar-refractivity contribution in [3.63, 3.8) is 0 Å². The molecular formula is C31H34F4N4O7. The minimum atomic E-state index is -0.593. The molecule has 0 aliphatic rings. The lowest BCUT2D eigenvalue weighted by atomic mass is 10.1. The highest BCUT2D eigenvalue weighted by Gasteiger charge is 2.13. The number of anilines is 2. The number of nitro benzene ring substituents is 2. The number of aliphatic hydroxyl groups is 3. The van der Waals surface area contributed by atoms with Crippen LogP contribution in [-0.2, 0) is 19.3 Å². The quantitative estimate of drug-likeness (QED) is 0.0736. The molecule has 7 N–H and O–H groups in total. The number of nitrogens with two attached hydrogens (primary N) is 2. The molecule has 0 atom stereocenters. The van der Waals surface area contributed by atoms with Gasteiger partial charge in [-0.15, -0.1) is 0 Å². The maximum absolute atomic E-state index is 12.6. The summed E-state index contributed by atoms with van der Waals surface area (Å²) in [6.07, 6.45) is 0.904. The molecule has 0 bridgehead atoms. The fourth-order valence-corrected chi connectivity index (χ4v) is 3.70. The molecule has 0 saturated heterocycles. The van der Waals surface area contributed by atoms with Crippen LogP contribution in [0.3, 0.4) is 0 Å². The van der Waals surface area contributed by atoms with Crippen LogP contribution in [0.25, 0.3) is 0 Å². The van der Waals surface area contributed by atoms with Gasteiger partial charge in [-0.05, 0) is 91.6 Å². The lowest BCUT2D eigenvalue weighted by Crippen LogP contribution is -1.98. The van der Waals surface area contributed by atoms with Gasteiger partial charge in [0.15, 0.2) is 0 Å². The zero-order valence-electron chi connectivity index (χ0n) is 24.7. The molecule has 0 heterocycles. The number of hydrogen-bond acceptors (Lipinski definition) is 9. The highest BCUT2D eigenvalue weighted by Crippen LogP contribution is 2.20. The van der Waals surface area contributed by atoms with E-state index in [1.807, 2.05) is 0 Å². The number of aliphatic hydroxyl groups excluding tert-OH is 3. The van der Waals surface area contributed by atoms with E-state index in [1.165, 1.54) is 43.3 Å². The van der Waals surface area contributed by atoms with E-state index in [-0.39, 0.29) is 54.8 Å². The third-order valence-electron chi connectivity index (χ3n) is 5.95. The van der Waals surface area contributed by atoms with Crippen molar-refractivity contribution in [1.82, 2.24) is 0 Å². The second-order valence-electron chi connectivity index (χ2n) is 9.33. The lowest BCUT2D eigenvalue weighted by molar-refractivity contribution is -0.385. The standard InChI is InChI=1S/C8H8FNO3.2C8H10FNO.C7H6FNO2/c9-7-1-2-8(10(12)13)6(5-7)3-4-11;2*9-7-1-2-8(10)6(5-7)3-4-11;1-5-4-6(8)2-3-7(5)9(10)11/h1-2,5,11H,3-4H2;2*1-2,5,11H,3-4,10H2;2-4H,1H3. The van der Waals surface area contributed by atoms with Crippen LogP contribution in [0.2, 0.25) is 0 Å². The Hall–Kier alpha value is -5.12. The summed E-state index contributed by atoms with van der Waals surface area (Å²) in [6, 6.07) is 14.8. The molecule has 0 aromatic heterocycles. The lowest BCUT2D eigenvalue weighted by Gasteiger charge is -2.02. The summed E-state index contributed by atoms with van der Waals surface area (Å²) in [5, 5.41) is 46.3. The van der Waals surface area contributed by atoms with E-state index in [0.29, 0.717) is 40.9 Å². The van der Waals surface area contributed by atoms with Crippen molar-refractivity contribution in [3.05, 3.63) is 139 Å². The van der Waals surface area contributed by atoms with Crippen molar-refractivity contribution in [2.24, 2.45) is 0 Å². The molecule has 46 heavy (non-hydrogen) atoms. The number of nitro groups is 2. The largest absolute Gasteiger partial charge is 0.399 e. The number of aryl methyl sites for hydroxylation is 1. The molecule has 0 spiro atoms. The highest BCUT2D eigenvalue weighted by molar-refractivity contribution is 5.47. The topological polar surface area (TPSA) is 199 Å². The van der Waals surface area contributed by atoms with Gasteiger partial charge in [0.05, 0.1) is 9.85 Å². The van der Waals surface area contributed by atoms with Crippen molar-refractivity contribution in [2.45, 2.75) is 26.2 Å². The molecule has 4 aromatic rings. The van der Waals surface area contributed by atoms with Gasteiger partial charge in [-0.3, -0.25) is 20.2 Å². The first-order chi connectivity index (χ1) is 21.7. The van der Waals surface area contributed by atoms with E-state index < -0.39 is 21.5 Å². The Labute approximate surface area is 261 Å². The van der Waals surface area contributed by atoms with E-state index in [1.54, 1.807) is 0 Å². The first-order valence-corrected chi connectivity index (χ1v) is 13.5. The molecule has 0 fully saturated rings. The van der Waals surface area contributed by atoms with Crippen molar-refractivity contribution in [3.8, 4) is 0 Å². The van der Waals surface area contributed by atoms with Gasteiger partial charge in [0.2, 0.25) is 0 Å². The predicted octanol–water partition coefficient (Wildman–Crippen LogP) is 5.20. The summed E-state index contributed by atoms with van der Waals surface area (Å²) in [5.74, 6) is -1.62. The van der Waals surface area contributed by atoms with Gasteiger partial charge < -0.3 is 26.8 Å². The Morgan fingerprint density at radius 2 is 0.891 bits per heavy atom. The number of rotatable bonds is 8. The molecule has 248 valence electrons. The van der Waals surface area contributed by atoms with Crippen molar-refractivity contribution < 1.29 is 42.7 Å². The Balaban J connectivity index is 0.000000307. The van der Waals surface area contributed by atoms with Crippen LogP contribution in [0.5, 0.6) is 0 Å². The Kier molecular flexibility index (Phi) is 16.9. The summed E-state index contributed by atoms with van der Waals surface area (Å²) in [5.41, 5.74) is 13.7. The number of nitrogens with zero attached hydrogens (tertiary/aromatic N) is 2. The fraction of sp³-hybridized carbons (Fsp3) is 0.226. The van der Waals surface area contributed by atoms with E-state index in [4.69, 9.17) is 26.8 Å². The maximum atomic E-state index is 12.6. The van der Waals surface area contributed by atoms with Gasteiger partial charge in [-0.25, -0.2) is 17.6 Å². The Bertz CT molecular complexity index is 1540. The van der Waals surface area contributed by atoms with Gasteiger partial charge in [0, 0.05) is 60.9 Å². The Morgan fingerprint density at radius 3 is 1.26 bits per heavy atom. The first kappa shape index (κ1) is 38.9. The fourth-order valence-electron chi connectivity index (χ4n) is 3.70. The van der Waals surface area contributed by atoms with E-state index >= 15 is 0 Å². The number of hydrogen-bond donors (Lipinski definition) is 5. The highest BCUT2D eigenvalue weighted by atomic mass is 19.1. The van der Waals surface area contributed by atoms with Crippen molar-refractivity contribution in [1.29, 1.82) is 0 Å². The number of halogens is 4. The number of nitrogen functional groups attached to an aromatic ring is 2. The SMILES string of the molecule is Cc1cc(F)ccc1[N+](=O)[O-].Nc1ccc(F)cc1CCO.Nc1ccc(F)cc1CCO.O=[N+]([O-])c1ccc(F)cc1CCO. The molecule has 15 heteroatoms. The number of benzene rings is 4. The molecule has 0 amide bonds. The third-order valence-corrected chi connectivity index (χ3v) is 5.95. The molecule has 4 aromatic carbocycles. The van der Waals surface area contributed by atoms with Gasteiger partial charge in [0.1, 0.15) is 23.3 Å². The first-order valence-electron chi connectivity index (χ1n) is 13.5. The molecule has 0 unspecified atom stereocenters. The van der Waals surface area contributed by atoms with Crippen LogP contribution in [0.15, 0.2) is 72.8 Å². The summed E-state index contributed by atoms with van der Waals surface area (Å²) in [4.78, 5) is 19.5. The van der Waals surface area contributed by atoms with Crippen LogP contribution >= 0.6 is 0 Å². The van der Waals surface area contributed by atoms with E-state index in [0.717, 1.165) is 36.4 Å². The maximum Gasteiger partial charge on any atom is 0.272 e. The normalized spacial score (nSPS) is 9.91. The summed E-state index contributed by atoms with van der Waals surface area (Å²) in [6.45, 7) is 1.26. The second kappa shape index (κ2) is 20.0. The van der Waals surface area contributed by atoms with Crippen LogP contribution in [-0.4, -0.2) is 45.0 Å². The minimum absolute atomic E-state index is 0.00630. The summed E-state index contributed by atoms with van der Waals surface area (Å²) in [7, 11) is 0. The van der Waals surface area contributed by atoms with Crippen molar-refractivity contribution in [2.75, 3.05) is 31.3 Å². The van der Waals surface area contributed by atoms with Crippen LogP contribution in [0.4, 0.5) is 40.3 Å². The summed E-state index contributed by atoms with van der Waals surface area (Å²) >= 11 is 0. The smallest absolute Gasteiger partial charge is 0.272 e. The summed E-state index contributed by atoms with van der Waals surface area (Å²) < 4.78 is 50.1. The average Bonchev–Trinajstić information content (AvgIpc) is 2.98. The van der Waals surface area contributed by atoms with E-state index in [9.17, 15) is 37.8 Å². The zero-order valence-corrected chi connectivity index (χ0v) is 24.7. The monoisotopic (exact) mass is 650 g/mol. The Morgan fingerprint density at radius 1 is 0.565 bits per heavy atom. The molecule has 0 saturated carbocycles. The second-order valence-corrected chi connectivity index (χ2v) is 9.33. The molecule has 0 aliphatic carbocycles. The molecule has 4 rings (SSSR count). The third kappa shape index (κ3) is 13.7.